The number of hydrogen-bond acceptors (Lipinski definition) is 6. The van der Waals surface area contributed by atoms with Gasteiger partial charge in [0.2, 0.25) is 10.0 Å². The zero-order valence-corrected chi connectivity index (χ0v) is 11.0. The van der Waals surface area contributed by atoms with Gasteiger partial charge >= 0.3 is 5.97 Å². The van der Waals surface area contributed by atoms with E-state index in [9.17, 15) is 13.2 Å². The number of nitrogens with zero attached hydrogens (tertiary/aromatic N) is 1. The molecule has 0 aromatic carbocycles. The second-order valence-electron chi connectivity index (χ2n) is 3.34. The first-order valence-corrected chi connectivity index (χ1v) is 6.84. The van der Waals surface area contributed by atoms with E-state index in [-0.39, 0.29) is 17.9 Å². The minimum absolute atomic E-state index is 0.110. The molecular weight excluding hydrogens is 258 g/mol. The Morgan fingerprint density at radius 2 is 2.22 bits per heavy atom. The van der Waals surface area contributed by atoms with Crippen LogP contribution in [-0.2, 0) is 14.8 Å². The number of methoxy groups -OCH3 is 1. The summed E-state index contributed by atoms with van der Waals surface area (Å²) in [5, 5.41) is 2.79. The Labute approximate surface area is 106 Å². The molecule has 1 aromatic heterocycles. The molecule has 0 amide bonds. The molecule has 1 aromatic rings. The van der Waals surface area contributed by atoms with E-state index < -0.39 is 16.0 Å². The van der Waals surface area contributed by atoms with Crippen LogP contribution in [0.1, 0.15) is 10.4 Å². The molecule has 7 nitrogen and oxygen atoms in total. The van der Waals surface area contributed by atoms with Crippen molar-refractivity contribution in [3.8, 4) is 0 Å². The van der Waals surface area contributed by atoms with E-state index in [2.05, 4.69) is 19.8 Å². The van der Waals surface area contributed by atoms with Gasteiger partial charge in [-0.3, -0.25) is 0 Å². The van der Waals surface area contributed by atoms with Gasteiger partial charge in [-0.2, -0.15) is 0 Å². The highest BCUT2D eigenvalue weighted by Gasteiger charge is 2.13. The Balaban J connectivity index is 2.71. The number of sulfonamides is 1. The highest BCUT2D eigenvalue weighted by atomic mass is 32.2. The first-order valence-electron chi connectivity index (χ1n) is 5.18. The van der Waals surface area contributed by atoms with Crippen molar-refractivity contribution in [1.29, 1.82) is 0 Å². The van der Waals surface area contributed by atoms with E-state index in [0.29, 0.717) is 5.82 Å². The Morgan fingerprint density at radius 3 is 2.83 bits per heavy atom. The predicted octanol–water partition coefficient (Wildman–Crippen LogP) is -0.171. The first-order chi connectivity index (χ1) is 8.50. The zero-order chi connectivity index (χ0) is 13.6. The lowest BCUT2D eigenvalue weighted by Gasteiger charge is -2.09. The van der Waals surface area contributed by atoms with Crippen LogP contribution < -0.4 is 10.0 Å². The maximum atomic E-state index is 11.4. The van der Waals surface area contributed by atoms with Gasteiger partial charge in [-0.1, -0.05) is 0 Å². The Kier molecular flexibility index (Phi) is 5.05. The summed E-state index contributed by atoms with van der Waals surface area (Å²) in [6.07, 6.45) is 1.50. The third-order valence-electron chi connectivity index (χ3n) is 2.19. The largest absolute Gasteiger partial charge is 0.465 e. The van der Waals surface area contributed by atoms with Crippen molar-refractivity contribution in [2.45, 2.75) is 0 Å². The monoisotopic (exact) mass is 273 g/mol. The van der Waals surface area contributed by atoms with Crippen LogP contribution in [0.5, 0.6) is 0 Å². The fourth-order valence-corrected chi connectivity index (χ4v) is 1.80. The lowest BCUT2D eigenvalue weighted by molar-refractivity contribution is 0.0601. The van der Waals surface area contributed by atoms with Crippen LogP contribution in [0.4, 0.5) is 5.82 Å². The molecule has 1 rings (SSSR count). The second-order valence-corrected chi connectivity index (χ2v) is 5.39. The van der Waals surface area contributed by atoms with Crippen LogP contribution in [-0.4, -0.2) is 45.8 Å². The molecule has 0 radical (unpaired) electrons. The van der Waals surface area contributed by atoms with Crippen molar-refractivity contribution in [3.05, 3.63) is 23.9 Å². The van der Waals surface area contributed by atoms with Crippen LogP contribution in [0.2, 0.25) is 0 Å². The van der Waals surface area contributed by atoms with Gasteiger partial charge in [0.25, 0.3) is 0 Å². The molecule has 0 aliphatic carbocycles. The third kappa shape index (κ3) is 3.97. The summed E-state index contributed by atoms with van der Waals surface area (Å²) in [7, 11) is -0.673. The molecule has 0 bridgehead atoms. The number of carbonyl (C=O) groups is 1. The van der Waals surface area contributed by atoms with E-state index in [0.717, 1.165) is 0 Å². The van der Waals surface area contributed by atoms with Gasteiger partial charge in [0.1, 0.15) is 11.4 Å². The summed E-state index contributed by atoms with van der Waals surface area (Å²) >= 11 is 0. The number of anilines is 1. The second kappa shape index (κ2) is 6.31. The first kappa shape index (κ1) is 14.4. The number of carbonyl (C=O) groups excluding carboxylic acids is 1. The van der Waals surface area contributed by atoms with Gasteiger partial charge in [0, 0.05) is 12.7 Å². The summed E-state index contributed by atoms with van der Waals surface area (Å²) in [5.41, 5.74) is 0.266. The minimum Gasteiger partial charge on any atom is -0.465 e. The van der Waals surface area contributed by atoms with Crippen LogP contribution in [0.3, 0.4) is 0 Å². The van der Waals surface area contributed by atoms with Gasteiger partial charge in [-0.15, -0.1) is 0 Å². The summed E-state index contributed by atoms with van der Waals surface area (Å²) < 4.78 is 29.2. The number of ether oxygens (including phenoxy) is 1. The van der Waals surface area contributed by atoms with E-state index >= 15 is 0 Å². The molecule has 0 saturated heterocycles. The minimum atomic E-state index is -3.28. The van der Waals surface area contributed by atoms with Gasteiger partial charge in [0.05, 0.1) is 12.9 Å². The fourth-order valence-electron chi connectivity index (χ4n) is 1.23. The van der Waals surface area contributed by atoms with Gasteiger partial charge in [-0.05, 0) is 19.2 Å². The summed E-state index contributed by atoms with van der Waals surface area (Å²) in [6, 6.07) is 3.15. The number of pyridine rings is 1. The predicted molar refractivity (Wildman–Crippen MR) is 66.9 cm³/mol. The van der Waals surface area contributed by atoms with E-state index in [1.54, 1.807) is 12.1 Å². The molecule has 2 N–H and O–H groups in total. The third-order valence-corrected chi connectivity index (χ3v) is 3.55. The van der Waals surface area contributed by atoms with Crippen LogP contribution in [0, 0.1) is 0 Å². The molecule has 8 heteroatoms. The zero-order valence-electron chi connectivity index (χ0n) is 10.1. The smallest absolute Gasteiger partial charge is 0.341 e. The van der Waals surface area contributed by atoms with Crippen molar-refractivity contribution in [2.75, 3.05) is 31.8 Å². The Morgan fingerprint density at radius 1 is 1.50 bits per heavy atom. The van der Waals surface area contributed by atoms with Crippen molar-refractivity contribution in [3.63, 3.8) is 0 Å². The van der Waals surface area contributed by atoms with Crippen molar-refractivity contribution >= 4 is 21.8 Å². The maximum Gasteiger partial charge on any atom is 0.341 e. The highest BCUT2D eigenvalue weighted by molar-refractivity contribution is 7.89. The molecular formula is C10H15N3O4S. The van der Waals surface area contributed by atoms with Crippen LogP contribution in [0.25, 0.3) is 0 Å². The summed E-state index contributed by atoms with van der Waals surface area (Å²) in [6.45, 7) is 0.143. The Bertz CT molecular complexity index is 516. The van der Waals surface area contributed by atoms with E-state index in [1.165, 1.54) is 20.4 Å². The fraction of sp³-hybridized carbons (Fsp3) is 0.400. The quantitative estimate of drug-likeness (QED) is 0.698. The van der Waals surface area contributed by atoms with Crippen LogP contribution in [0.15, 0.2) is 18.3 Å². The van der Waals surface area contributed by atoms with Crippen molar-refractivity contribution in [2.24, 2.45) is 0 Å². The molecule has 100 valence electrons. The molecule has 0 saturated carbocycles. The molecule has 0 unspecified atom stereocenters. The SMILES string of the molecule is CNS(=O)(=O)CCNc1ncccc1C(=O)OC. The average molecular weight is 273 g/mol. The number of esters is 1. The normalized spacial score (nSPS) is 11.0. The number of hydrogen-bond donors (Lipinski definition) is 2. The van der Waals surface area contributed by atoms with Crippen molar-refractivity contribution in [1.82, 2.24) is 9.71 Å². The topological polar surface area (TPSA) is 97.4 Å². The number of aromatic nitrogens is 1. The standard InChI is InChI=1S/C10H15N3O4S/c1-11-18(15,16)7-6-13-9-8(10(14)17-2)4-3-5-12-9/h3-5,11H,6-7H2,1-2H3,(H,12,13). The van der Waals surface area contributed by atoms with Gasteiger partial charge < -0.3 is 10.1 Å². The number of rotatable bonds is 6. The molecule has 0 fully saturated rings. The average Bonchev–Trinajstić information content (AvgIpc) is 2.38. The van der Waals surface area contributed by atoms with Gasteiger partial charge in [0.15, 0.2) is 0 Å². The summed E-state index contributed by atoms with van der Waals surface area (Å²) in [5.74, 6) is -0.335. The lowest BCUT2D eigenvalue weighted by Crippen LogP contribution is -2.26. The molecule has 0 spiro atoms. The number of nitrogens with one attached hydrogen (secondary N) is 2. The highest BCUT2D eigenvalue weighted by Crippen LogP contribution is 2.12. The molecule has 18 heavy (non-hydrogen) atoms. The van der Waals surface area contributed by atoms with E-state index in [4.69, 9.17) is 0 Å². The van der Waals surface area contributed by atoms with E-state index in [1.807, 2.05) is 0 Å². The van der Waals surface area contributed by atoms with Crippen molar-refractivity contribution < 1.29 is 17.9 Å². The summed E-state index contributed by atoms with van der Waals surface area (Å²) in [4.78, 5) is 15.4. The van der Waals surface area contributed by atoms with Crippen LogP contribution >= 0.6 is 0 Å². The molecule has 0 atom stereocenters. The molecule has 1 heterocycles. The lowest BCUT2D eigenvalue weighted by atomic mass is 10.2. The van der Waals surface area contributed by atoms with Gasteiger partial charge in [-0.25, -0.2) is 22.9 Å². The maximum absolute atomic E-state index is 11.4. The Hall–Kier alpha value is -1.67. The molecule has 0 aliphatic heterocycles. The molecule has 0 aliphatic rings.